The van der Waals surface area contributed by atoms with E-state index in [4.69, 9.17) is 4.74 Å². The first-order valence-electron chi connectivity index (χ1n) is 10.7. The van der Waals surface area contributed by atoms with Gasteiger partial charge in [-0.3, -0.25) is 4.79 Å². The SMILES string of the molecule is CCCCOC(=O)CCc1ccc2c(-c3c(O)ccc4ccccc34)c(O)ccc2c1. The number of fused-ring (bicyclic) bond motifs is 2. The van der Waals surface area contributed by atoms with Crippen LogP contribution in [-0.4, -0.2) is 22.8 Å². The van der Waals surface area contributed by atoms with Gasteiger partial charge in [-0.1, -0.05) is 67.9 Å². The van der Waals surface area contributed by atoms with Gasteiger partial charge in [0.2, 0.25) is 0 Å². The molecule has 0 heterocycles. The Kier molecular flexibility index (Phi) is 6.08. The molecule has 0 radical (unpaired) electrons. The number of rotatable bonds is 7. The van der Waals surface area contributed by atoms with Crippen molar-refractivity contribution in [3.05, 3.63) is 72.3 Å². The van der Waals surface area contributed by atoms with E-state index in [1.54, 1.807) is 12.1 Å². The number of aryl methyl sites for hydroxylation is 1. The predicted molar refractivity (Wildman–Crippen MR) is 124 cm³/mol. The molecule has 0 spiro atoms. The number of aromatic hydroxyl groups is 2. The monoisotopic (exact) mass is 414 g/mol. The van der Waals surface area contributed by atoms with Gasteiger partial charge in [0, 0.05) is 17.5 Å². The molecular weight excluding hydrogens is 388 g/mol. The quantitative estimate of drug-likeness (QED) is 0.273. The van der Waals surface area contributed by atoms with Crippen LogP contribution in [0.2, 0.25) is 0 Å². The summed E-state index contributed by atoms with van der Waals surface area (Å²) in [5.41, 5.74) is 2.25. The number of benzene rings is 4. The average molecular weight is 415 g/mol. The molecule has 0 atom stereocenters. The second-order valence-corrected chi connectivity index (χ2v) is 7.77. The molecule has 4 nitrogen and oxygen atoms in total. The van der Waals surface area contributed by atoms with Gasteiger partial charge in [0.05, 0.1) is 6.61 Å². The fraction of sp³-hybridized carbons (Fsp3) is 0.222. The second-order valence-electron chi connectivity index (χ2n) is 7.77. The second kappa shape index (κ2) is 9.09. The minimum absolute atomic E-state index is 0.117. The highest BCUT2D eigenvalue weighted by molar-refractivity contribution is 6.09. The molecule has 31 heavy (non-hydrogen) atoms. The maximum Gasteiger partial charge on any atom is 0.306 e. The van der Waals surface area contributed by atoms with E-state index in [2.05, 4.69) is 6.92 Å². The van der Waals surface area contributed by atoms with Crippen LogP contribution in [0.25, 0.3) is 32.7 Å². The predicted octanol–water partition coefficient (Wildman–Crippen LogP) is 6.35. The fourth-order valence-corrected chi connectivity index (χ4v) is 3.96. The Morgan fingerprint density at radius 3 is 2.26 bits per heavy atom. The van der Waals surface area contributed by atoms with Crippen LogP contribution in [0.1, 0.15) is 31.7 Å². The zero-order chi connectivity index (χ0) is 21.8. The van der Waals surface area contributed by atoms with Crippen molar-refractivity contribution in [2.75, 3.05) is 6.61 Å². The highest BCUT2D eigenvalue weighted by Gasteiger charge is 2.17. The molecule has 4 aromatic rings. The van der Waals surface area contributed by atoms with Crippen molar-refractivity contribution >= 4 is 27.5 Å². The van der Waals surface area contributed by atoms with E-state index in [0.29, 0.717) is 30.6 Å². The summed E-state index contributed by atoms with van der Waals surface area (Å²) in [5.74, 6) is 0.0624. The van der Waals surface area contributed by atoms with Crippen molar-refractivity contribution in [2.24, 2.45) is 0 Å². The van der Waals surface area contributed by atoms with Crippen molar-refractivity contribution in [3.8, 4) is 22.6 Å². The first kappa shape index (κ1) is 20.7. The van der Waals surface area contributed by atoms with Gasteiger partial charge in [-0.05, 0) is 52.1 Å². The lowest BCUT2D eigenvalue weighted by Crippen LogP contribution is -2.06. The van der Waals surface area contributed by atoms with Crippen molar-refractivity contribution in [2.45, 2.75) is 32.6 Å². The van der Waals surface area contributed by atoms with E-state index in [1.807, 2.05) is 54.6 Å². The number of unbranched alkanes of at least 4 members (excludes halogenated alkanes) is 1. The first-order valence-corrected chi connectivity index (χ1v) is 10.7. The van der Waals surface area contributed by atoms with Crippen molar-refractivity contribution in [1.29, 1.82) is 0 Å². The van der Waals surface area contributed by atoms with Gasteiger partial charge < -0.3 is 14.9 Å². The van der Waals surface area contributed by atoms with Crippen molar-refractivity contribution < 1.29 is 19.7 Å². The number of hydrogen-bond donors (Lipinski definition) is 2. The Hall–Kier alpha value is -3.53. The zero-order valence-corrected chi connectivity index (χ0v) is 17.6. The largest absolute Gasteiger partial charge is 0.507 e. The number of ether oxygens (including phenoxy) is 1. The Morgan fingerprint density at radius 2 is 1.52 bits per heavy atom. The lowest BCUT2D eigenvalue weighted by molar-refractivity contribution is -0.143. The van der Waals surface area contributed by atoms with Crippen molar-refractivity contribution in [3.63, 3.8) is 0 Å². The summed E-state index contributed by atoms with van der Waals surface area (Å²) in [6.45, 7) is 2.54. The lowest BCUT2D eigenvalue weighted by Gasteiger charge is -2.15. The van der Waals surface area contributed by atoms with Crippen LogP contribution >= 0.6 is 0 Å². The molecule has 4 heteroatoms. The zero-order valence-electron chi connectivity index (χ0n) is 17.6. The number of hydrogen-bond acceptors (Lipinski definition) is 4. The van der Waals surface area contributed by atoms with E-state index in [0.717, 1.165) is 39.9 Å². The molecule has 0 aliphatic heterocycles. The van der Waals surface area contributed by atoms with Gasteiger partial charge in [-0.2, -0.15) is 0 Å². The Morgan fingerprint density at radius 1 is 0.839 bits per heavy atom. The number of phenols is 2. The topological polar surface area (TPSA) is 66.8 Å². The van der Waals surface area contributed by atoms with Crippen LogP contribution in [0.15, 0.2) is 66.7 Å². The maximum absolute atomic E-state index is 11.9. The van der Waals surface area contributed by atoms with Crippen molar-refractivity contribution in [1.82, 2.24) is 0 Å². The Balaban J connectivity index is 1.70. The van der Waals surface area contributed by atoms with E-state index >= 15 is 0 Å². The smallest absolute Gasteiger partial charge is 0.306 e. The van der Waals surface area contributed by atoms with Gasteiger partial charge in [0.15, 0.2) is 0 Å². The van der Waals surface area contributed by atoms with E-state index in [1.165, 1.54) is 0 Å². The highest BCUT2D eigenvalue weighted by Crippen LogP contribution is 2.44. The Bertz CT molecular complexity index is 1240. The van der Waals surface area contributed by atoms with E-state index < -0.39 is 0 Å². The first-order chi connectivity index (χ1) is 15.1. The fourth-order valence-electron chi connectivity index (χ4n) is 3.96. The number of esters is 1. The summed E-state index contributed by atoms with van der Waals surface area (Å²) in [7, 11) is 0. The minimum atomic E-state index is -0.180. The summed E-state index contributed by atoms with van der Waals surface area (Å²) in [6.07, 6.45) is 2.81. The molecule has 4 aromatic carbocycles. The average Bonchev–Trinajstić information content (AvgIpc) is 2.78. The lowest BCUT2D eigenvalue weighted by atomic mass is 9.91. The summed E-state index contributed by atoms with van der Waals surface area (Å²) < 4.78 is 5.24. The van der Waals surface area contributed by atoms with Crippen LogP contribution in [0.3, 0.4) is 0 Å². The molecule has 0 fully saturated rings. The van der Waals surface area contributed by atoms with Gasteiger partial charge in [0.25, 0.3) is 0 Å². The van der Waals surface area contributed by atoms with Gasteiger partial charge in [-0.15, -0.1) is 0 Å². The maximum atomic E-state index is 11.9. The molecule has 2 N–H and O–H groups in total. The molecule has 0 aliphatic carbocycles. The van der Waals surface area contributed by atoms with Gasteiger partial charge >= 0.3 is 5.97 Å². The van der Waals surface area contributed by atoms with Gasteiger partial charge in [-0.25, -0.2) is 0 Å². The Labute approximate surface area is 181 Å². The third kappa shape index (κ3) is 4.33. The molecule has 0 aliphatic rings. The van der Waals surface area contributed by atoms with Crippen LogP contribution in [-0.2, 0) is 16.0 Å². The van der Waals surface area contributed by atoms with Crippen LogP contribution in [0, 0.1) is 0 Å². The number of phenolic OH excluding ortho intramolecular Hbond substituents is 2. The summed E-state index contributed by atoms with van der Waals surface area (Å²) in [5, 5.41) is 25.1. The molecule has 0 bridgehead atoms. The molecule has 0 amide bonds. The molecule has 0 unspecified atom stereocenters. The molecule has 4 rings (SSSR count). The van der Waals surface area contributed by atoms with Crippen LogP contribution in [0.5, 0.6) is 11.5 Å². The molecule has 0 aromatic heterocycles. The summed E-state index contributed by atoms with van der Waals surface area (Å²) in [6, 6.07) is 20.8. The minimum Gasteiger partial charge on any atom is -0.507 e. The van der Waals surface area contributed by atoms with Gasteiger partial charge in [0.1, 0.15) is 11.5 Å². The van der Waals surface area contributed by atoms with E-state index in [-0.39, 0.29) is 17.5 Å². The standard InChI is InChI=1S/C27H26O4/c1-2-3-16-31-25(30)15-9-18-8-12-22-20(17-18)11-14-24(29)27(22)26-21-7-5-4-6-19(21)10-13-23(26)28/h4-8,10-14,17,28-29H,2-3,9,15-16H2,1H3. The summed E-state index contributed by atoms with van der Waals surface area (Å²) in [4.78, 5) is 11.9. The molecular formula is C27H26O4. The molecule has 0 saturated carbocycles. The molecule has 158 valence electrons. The molecule has 0 saturated heterocycles. The van der Waals surface area contributed by atoms with Crippen LogP contribution in [0.4, 0.5) is 0 Å². The van der Waals surface area contributed by atoms with Crippen LogP contribution < -0.4 is 0 Å². The summed E-state index contributed by atoms with van der Waals surface area (Å²) >= 11 is 0. The third-order valence-corrected chi connectivity index (χ3v) is 5.60. The normalized spacial score (nSPS) is 11.1. The highest BCUT2D eigenvalue weighted by atomic mass is 16.5. The number of carbonyl (C=O) groups excluding carboxylic acids is 1. The van der Waals surface area contributed by atoms with E-state index in [9.17, 15) is 15.0 Å². The third-order valence-electron chi connectivity index (χ3n) is 5.60. The number of carbonyl (C=O) groups is 1.